The van der Waals surface area contributed by atoms with Crippen molar-refractivity contribution < 1.29 is 28.2 Å². The van der Waals surface area contributed by atoms with Crippen LogP contribution in [0.5, 0.6) is 0 Å². The molecular weight excluding hydrogens is 260 g/mol. The summed E-state index contributed by atoms with van der Waals surface area (Å²) >= 11 is 0. The Labute approximate surface area is 110 Å². The summed E-state index contributed by atoms with van der Waals surface area (Å²) in [5.74, 6) is -6.04. The summed E-state index contributed by atoms with van der Waals surface area (Å²) in [5.41, 5.74) is -0.756. The number of carboxylic acid groups (broad SMARTS) is 1. The number of carbonyl (C=O) groups excluding carboxylic acids is 2. The molecule has 0 aromatic rings. The zero-order chi connectivity index (χ0) is 14.8. The average Bonchev–Trinajstić information content (AvgIpc) is 2.17. The summed E-state index contributed by atoms with van der Waals surface area (Å²) in [6, 6.07) is 0. The Balaban J connectivity index is 2.65. The smallest absolute Gasteiger partial charge is 0.410 e. The number of likely N-dealkylation sites (tertiary alicyclic amines) is 1. The summed E-state index contributed by atoms with van der Waals surface area (Å²) in [7, 11) is 0. The van der Waals surface area contributed by atoms with Crippen LogP contribution in [0.2, 0.25) is 0 Å². The first-order valence-electron chi connectivity index (χ1n) is 6.07. The monoisotopic (exact) mass is 278 g/mol. The highest BCUT2D eigenvalue weighted by Gasteiger charge is 2.46. The molecule has 0 bridgehead atoms. The van der Waals surface area contributed by atoms with Gasteiger partial charge in [0.25, 0.3) is 5.92 Å². The van der Waals surface area contributed by atoms with Crippen molar-refractivity contribution in [2.45, 2.75) is 45.1 Å². The van der Waals surface area contributed by atoms with Gasteiger partial charge in [0.1, 0.15) is 5.60 Å². The van der Waals surface area contributed by atoms with Crippen molar-refractivity contribution in [3.05, 3.63) is 0 Å². The van der Waals surface area contributed by atoms with Crippen molar-refractivity contribution >= 4 is 12.1 Å². The number of aliphatic carboxylic acids is 1. The molecule has 0 saturated carbocycles. The van der Waals surface area contributed by atoms with Crippen LogP contribution in [0.25, 0.3) is 0 Å². The molecule has 0 radical (unpaired) electrons. The van der Waals surface area contributed by atoms with Crippen LogP contribution in [-0.4, -0.2) is 41.6 Å². The quantitative estimate of drug-likeness (QED) is 0.756. The molecule has 19 heavy (non-hydrogen) atoms. The molecular formula is C12H18F2NO4-. The lowest BCUT2D eigenvalue weighted by Crippen LogP contribution is -2.52. The van der Waals surface area contributed by atoms with E-state index in [9.17, 15) is 23.5 Å². The molecule has 1 amide bonds. The predicted octanol–water partition coefficient (Wildman–Crippen LogP) is 1.02. The first kappa shape index (κ1) is 15.7. The van der Waals surface area contributed by atoms with Crippen molar-refractivity contribution in [1.82, 2.24) is 4.90 Å². The van der Waals surface area contributed by atoms with Crippen molar-refractivity contribution in [2.24, 2.45) is 5.92 Å². The number of amides is 1. The van der Waals surface area contributed by atoms with Gasteiger partial charge in [0.15, 0.2) is 0 Å². The first-order valence-corrected chi connectivity index (χ1v) is 6.07. The molecule has 0 N–H and O–H groups in total. The predicted molar refractivity (Wildman–Crippen MR) is 60.5 cm³/mol. The summed E-state index contributed by atoms with van der Waals surface area (Å²) in [6.07, 6.45) is -1.59. The van der Waals surface area contributed by atoms with Gasteiger partial charge in [0.2, 0.25) is 0 Å². The number of hydrogen-bond donors (Lipinski definition) is 0. The minimum Gasteiger partial charge on any atom is -0.550 e. The number of carbonyl (C=O) groups is 2. The fourth-order valence-corrected chi connectivity index (χ4v) is 1.92. The number of ether oxygens (including phenoxy) is 1. The molecule has 1 aliphatic heterocycles. The molecule has 1 aliphatic rings. The van der Waals surface area contributed by atoms with Gasteiger partial charge in [0, 0.05) is 18.4 Å². The molecule has 0 aliphatic carbocycles. The zero-order valence-corrected chi connectivity index (χ0v) is 11.2. The van der Waals surface area contributed by atoms with Gasteiger partial charge in [-0.25, -0.2) is 13.6 Å². The van der Waals surface area contributed by atoms with Crippen LogP contribution in [-0.2, 0) is 9.53 Å². The second-order valence-electron chi connectivity index (χ2n) is 5.72. The Morgan fingerprint density at radius 2 is 2.00 bits per heavy atom. The van der Waals surface area contributed by atoms with Gasteiger partial charge in [-0.15, -0.1) is 0 Å². The zero-order valence-electron chi connectivity index (χ0n) is 11.2. The summed E-state index contributed by atoms with van der Waals surface area (Å²) < 4.78 is 32.5. The third kappa shape index (κ3) is 4.65. The minimum absolute atomic E-state index is 0.0580. The van der Waals surface area contributed by atoms with E-state index in [1.807, 2.05) is 0 Å². The lowest BCUT2D eigenvalue weighted by Gasteiger charge is -2.38. The van der Waals surface area contributed by atoms with Gasteiger partial charge in [-0.1, -0.05) is 0 Å². The maximum absolute atomic E-state index is 13.7. The summed E-state index contributed by atoms with van der Waals surface area (Å²) in [6.45, 7) is 4.17. The van der Waals surface area contributed by atoms with Crippen molar-refractivity contribution in [2.75, 3.05) is 13.1 Å². The highest BCUT2D eigenvalue weighted by molar-refractivity contribution is 5.68. The number of carboxylic acids is 1. The van der Waals surface area contributed by atoms with Crippen LogP contribution in [0.4, 0.5) is 13.6 Å². The maximum atomic E-state index is 13.7. The van der Waals surface area contributed by atoms with E-state index in [4.69, 9.17) is 4.74 Å². The standard InChI is InChI=1S/C12H19F2NO4/c1-11(2,3)19-10(18)15-5-4-8(6-9(16)17)12(13,14)7-15/h8H,4-7H2,1-3H3,(H,16,17)/p-1/t8-/m0/s1. The maximum Gasteiger partial charge on any atom is 0.410 e. The first-order chi connectivity index (χ1) is 8.51. The summed E-state index contributed by atoms with van der Waals surface area (Å²) in [5, 5.41) is 10.4. The topological polar surface area (TPSA) is 69.7 Å². The normalized spacial score (nSPS) is 23.0. The van der Waals surface area contributed by atoms with Crippen molar-refractivity contribution in [3.8, 4) is 0 Å². The average molecular weight is 278 g/mol. The minimum atomic E-state index is -3.24. The van der Waals surface area contributed by atoms with Crippen LogP contribution < -0.4 is 5.11 Å². The van der Waals surface area contributed by atoms with Gasteiger partial charge < -0.3 is 19.5 Å². The van der Waals surface area contributed by atoms with Crippen LogP contribution in [0.3, 0.4) is 0 Å². The Kier molecular flexibility index (Phi) is 4.37. The number of rotatable bonds is 2. The molecule has 1 atom stereocenters. The lowest BCUT2D eigenvalue weighted by molar-refractivity contribution is -0.309. The van der Waals surface area contributed by atoms with E-state index in [2.05, 4.69) is 0 Å². The van der Waals surface area contributed by atoms with Crippen molar-refractivity contribution in [3.63, 3.8) is 0 Å². The lowest BCUT2D eigenvalue weighted by atomic mass is 9.90. The molecule has 7 heteroatoms. The Morgan fingerprint density at radius 3 is 2.42 bits per heavy atom. The Bertz CT molecular complexity index is 365. The molecule has 1 saturated heterocycles. The number of piperidine rings is 1. The molecule has 1 fully saturated rings. The van der Waals surface area contributed by atoms with E-state index in [-0.39, 0.29) is 13.0 Å². The molecule has 0 aromatic heterocycles. The van der Waals surface area contributed by atoms with Gasteiger partial charge in [-0.05, 0) is 33.6 Å². The molecule has 0 spiro atoms. The third-order valence-corrected chi connectivity index (χ3v) is 2.81. The summed E-state index contributed by atoms with van der Waals surface area (Å²) in [4.78, 5) is 23.0. The molecule has 110 valence electrons. The van der Waals surface area contributed by atoms with E-state index in [1.54, 1.807) is 20.8 Å². The van der Waals surface area contributed by atoms with Crippen molar-refractivity contribution in [1.29, 1.82) is 0 Å². The highest BCUT2D eigenvalue weighted by Crippen LogP contribution is 2.35. The van der Waals surface area contributed by atoms with Crippen LogP contribution >= 0.6 is 0 Å². The van der Waals surface area contributed by atoms with Crippen LogP contribution in [0, 0.1) is 5.92 Å². The van der Waals surface area contributed by atoms with E-state index in [1.165, 1.54) is 0 Å². The Hall–Kier alpha value is -1.40. The number of halogens is 2. The fourth-order valence-electron chi connectivity index (χ4n) is 1.92. The number of nitrogens with zero attached hydrogens (tertiary/aromatic N) is 1. The van der Waals surface area contributed by atoms with Gasteiger partial charge in [-0.3, -0.25) is 0 Å². The largest absolute Gasteiger partial charge is 0.550 e. The number of alkyl halides is 2. The second-order valence-corrected chi connectivity index (χ2v) is 5.72. The van der Waals surface area contributed by atoms with Crippen LogP contribution in [0.1, 0.15) is 33.6 Å². The second kappa shape index (κ2) is 5.30. The molecule has 1 heterocycles. The van der Waals surface area contributed by atoms with Gasteiger partial charge >= 0.3 is 6.09 Å². The van der Waals surface area contributed by atoms with Gasteiger partial charge in [0.05, 0.1) is 6.54 Å². The molecule has 1 rings (SSSR count). The van der Waals surface area contributed by atoms with E-state index < -0.39 is 42.5 Å². The van der Waals surface area contributed by atoms with Crippen LogP contribution in [0.15, 0.2) is 0 Å². The molecule has 0 unspecified atom stereocenters. The highest BCUT2D eigenvalue weighted by atomic mass is 19.3. The van der Waals surface area contributed by atoms with Gasteiger partial charge in [-0.2, -0.15) is 0 Å². The Morgan fingerprint density at radius 1 is 1.42 bits per heavy atom. The number of hydrogen-bond acceptors (Lipinski definition) is 4. The molecule has 0 aromatic carbocycles. The van der Waals surface area contributed by atoms with E-state index in [0.717, 1.165) is 4.90 Å². The SMILES string of the molecule is CC(C)(C)OC(=O)N1CC[C@@H](CC(=O)[O-])C(F)(F)C1. The van der Waals surface area contributed by atoms with E-state index >= 15 is 0 Å². The third-order valence-electron chi connectivity index (χ3n) is 2.81. The molecule has 5 nitrogen and oxygen atoms in total. The fraction of sp³-hybridized carbons (Fsp3) is 0.833. The van der Waals surface area contributed by atoms with E-state index in [0.29, 0.717) is 0 Å².